The van der Waals surface area contributed by atoms with Crippen LogP contribution >= 0.6 is 0 Å². The monoisotopic (exact) mass is 314 g/mol. The van der Waals surface area contributed by atoms with Crippen LogP contribution in [0.2, 0.25) is 0 Å². The van der Waals surface area contributed by atoms with Crippen molar-refractivity contribution in [3.8, 4) is 0 Å². The molecular formula is C12H14N2O6S. The second kappa shape index (κ2) is 5.78. The topological polar surface area (TPSA) is 130 Å². The molecule has 1 saturated carbocycles. The quantitative estimate of drug-likeness (QED) is 0.477. The normalized spacial score (nSPS) is 14.7. The fourth-order valence-corrected chi connectivity index (χ4v) is 2.36. The number of benzene rings is 1. The summed E-state index contributed by atoms with van der Waals surface area (Å²) >= 11 is 0. The third-order valence-electron chi connectivity index (χ3n) is 3.12. The Bertz CT molecular complexity index is 681. The summed E-state index contributed by atoms with van der Waals surface area (Å²) in [6.07, 6.45) is 2.97. The van der Waals surface area contributed by atoms with E-state index >= 15 is 0 Å². The summed E-state index contributed by atoms with van der Waals surface area (Å²) in [5, 5.41) is 15.7. The SMILES string of the molecule is NS(=O)(=O)c1cc(C(=O)OCCC2CC2)cc([N+](=O)[O-])c1. The second-order valence-electron chi connectivity index (χ2n) is 4.89. The molecule has 1 aliphatic rings. The molecule has 0 spiro atoms. The molecule has 0 heterocycles. The number of nitrogens with two attached hydrogens (primary N) is 1. The fourth-order valence-electron chi connectivity index (χ4n) is 1.78. The van der Waals surface area contributed by atoms with Crippen LogP contribution in [0.25, 0.3) is 0 Å². The lowest BCUT2D eigenvalue weighted by atomic mass is 10.2. The first kappa shape index (κ1) is 15.4. The van der Waals surface area contributed by atoms with Gasteiger partial charge in [-0.05, 0) is 18.4 Å². The largest absolute Gasteiger partial charge is 0.462 e. The molecule has 0 bridgehead atoms. The summed E-state index contributed by atoms with van der Waals surface area (Å²) in [5.41, 5.74) is -0.736. The smallest absolute Gasteiger partial charge is 0.338 e. The third kappa shape index (κ3) is 4.23. The van der Waals surface area contributed by atoms with Gasteiger partial charge in [0.2, 0.25) is 10.0 Å². The molecule has 0 radical (unpaired) electrons. The standard InChI is InChI=1S/C12H14N2O6S/c13-21(18,19)11-6-9(5-10(7-11)14(16)17)12(15)20-4-3-8-1-2-8/h5-8H,1-4H2,(H2,13,18,19). The Morgan fingerprint density at radius 1 is 1.38 bits per heavy atom. The van der Waals surface area contributed by atoms with Crippen LogP contribution in [0.1, 0.15) is 29.6 Å². The average Bonchev–Trinajstić information content (AvgIpc) is 3.21. The Labute approximate surface area is 121 Å². The van der Waals surface area contributed by atoms with Gasteiger partial charge in [0.1, 0.15) is 0 Å². The van der Waals surface area contributed by atoms with Gasteiger partial charge in [-0.3, -0.25) is 10.1 Å². The Balaban J connectivity index is 2.21. The Morgan fingerprint density at radius 3 is 2.57 bits per heavy atom. The Morgan fingerprint density at radius 2 is 2.05 bits per heavy atom. The molecule has 0 amide bonds. The number of primary sulfonamides is 1. The van der Waals surface area contributed by atoms with Gasteiger partial charge in [0.25, 0.3) is 5.69 Å². The minimum atomic E-state index is -4.15. The zero-order valence-electron chi connectivity index (χ0n) is 11.0. The number of carbonyl (C=O) groups is 1. The number of nitrogens with zero attached hydrogens (tertiary/aromatic N) is 1. The molecule has 1 fully saturated rings. The molecular weight excluding hydrogens is 300 g/mol. The maximum atomic E-state index is 11.8. The van der Waals surface area contributed by atoms with E-state index in [2.05, 4.69) is 0 Å². The minimum Gasteiger partial charge on any atom is -0.462 e. The highest BCUT2D eigenvalue weighted by molar-refractivity contribution is 7.89. The van der Waals surface area contributed by atoms with Crippen molar-refractivity contribution < 1.29 is 22.9 Å². The zero-order valence-corrected chi connectivity index (χ0v) is 11.8. The van der Waals surface area contributed by atoms with Crippen LogP contribution in [0, 0.1) is 16.0 Å². The van der Waals surface area contributed by atoms with E-state index in [1.807, 2.05) is 0 Å². The number of nitro benzene ring substituents is 1. The minimum absolute atomic E-state index is 0.205. The van der Waals surface area contributed by atoms with Gasteiger partial charge >= 0.3 is 5.97 Å². The first-order valence-electron chi connectivity index (χ1n) is 6.27. The molecule has 21 heavy (non-hydrogen) atoms. The van der Waals surface area contributed by atoms with Crippen molar-refractivity contribution in [1.82, 2.24) is 0 Å². The summed E-state index contributed by atoms with van der Waals surface area (Å²) < 4.78 is 27.6. The number of hydrogen-bond acceptors (Lipinski definition) is 6. The van der Waals surface area contributed by atoms with E-state index in [0.717, 1.165) is 37.5 Å². The van der Waals surface area contributed by atoms with Crippen LogP contribution in [0.4, 0.5) is 5.69 Å². The van der Waals surface area contributed by atoms with E-state index < -0.39 is 31.5 Å². The van der Waals surface area contributed by atoms with Gasteiger partial charge < -0.3 is 4.74 Å². The third-order valence-corrected chi connectivity index (χ3v) is 4.02. The van der Waals surface area contributed by atoms with Crippen molar-refractivity contribution in [1.29, 1.82) is 0 Å². The summed E-state index contributed by atoms with van der Waals surface area (Å²) in [6, 6.07) is 2.74. The van der Waals surface area contributed by atoms with E-state index in [4.69, 9.17) is 9.88 Å². The van der Waals surface area contributed by atoms with Crippen molar-refractivity contribution in [3.63, 3.8) is 0 Å². The number of carbonyl (C=O) groups excluding carboxylic acids is 1. The van der Waals surface area contributed by atoms with Gasteiger partial charge in [0.15, 0.2) is 0 Å². The van der Waals surface area contributed by atoms with Crippen LogP contribution in [-0.2, 0) is 14.8 Å². The van der Waals surface area contributed by atoms with Gasteiger partial charge in [0.05, 0.1) is 22.0 Å². The first-order chi connectivity index (χ1) is 9.77. The van der Waals surface area contributed by atoms with Gasteiger partial charge in [-0.1, -0.05) is 12.8 Å². The highest BCUT2D eigenvalue weighted by Gasteiger charge is 2.23. The van der Waals surface area contributed by atoms with Crippen LogP contribution < -0.4 is 5.14 Å². The van der Waals surface area contributed by atoms with Gasteiger partial charge in [-0.25, -0.2) is 18.4 Å². The molecule has 0 atom stereocenters. The van der Waals surface area contributed by atoms with Crippen molar-refractivity contribution in [3.05, 3.63) is 33.9 Å². The number of hydrogen-bond donors (Lipinski definition) is 1. The number of nitro groups is 1. The number of rotatable bonds is 6. The van der Waals surface area contributed by atoms with Crippen molar-refractivity contribution >= 4 is 21.7 Å². The van der Waals surface area contributed by atoms with Gasteiger partial charge in [-0.2, -0.15) is 0 Å². The molecule has 2 rings (SSSR count). The van der Waals surface area contributed by atoms with Crippen molar-refractivity contribution in [2.45, 2.75) is 24.2 Å². The lowest BCUT2D eigenvalue weighted by Gasteiger charge is -2.06. The lowest BCUT2D eigenvalue weighted by Crippen LogP contribution is -2.14. The summed E-state index contributed by atoms with van der Waals surface area (Å²) in [7, 11) is -4.15. The molecule has 0 unspecified atom stereocenters. The maximum absolute atomic E-state index is 11.8. The Kier molecular flexibility index (Phi) is 4.24. The van der Waals surface area contributed by atoms with Crippen LogP contribution in [0.3, 0.4) is 0 Å². The highest BCUT2D eigenvalue weighted by atomic mass is 32.2. The first-order valence-corrected chi connectivity index (χ1v) is 7.81. The molecule has 114 valence electrons. The highest BCUT2D eigenvalue weighted by Crippen LogP contribution is 2.32. The maximum Gasteiger partial charge on any atom is 0.338 e. The van der Waals surface area contributed by atoms with Crippen molar-refractivity contribution in [2.24, 2.45) is 11.1 Å². The molecule has 1 aromatic carbocycles. The number of esters is 1. The average molecular weight is 314 g/mol. The number of ether oxygens (including phenoxy) is 1. The van der Waals surface area contributed by atoms with Crippen LogP contribution in [0.15, 0.2) is 23.1 Å². The molecule has 0 aromatic heterocycles. The zero-order chi connectivity index (χ0) is 15.6. The van der Waals surface area contributed by atoms with E-state index in [9.17, 15) is 23.3 Å². The second-order valence-corrected chi connectivity index (χ2v) is 6.45. The summed E-state index contributed by atoms with van der Waals surface area (Å²) in [5.74, 6) is -0.229. The molecule has 0 saturated heterocycles. The molecule has 1 aromatic rings. The number of sulfonamides is 1. The predicted molar refractivity (Wildman–Crippen MR) is 72.1 cm³/mol. The van der Waals surface area contributed by atoms with Crippen molar-refractivity contribution in [2.75, 3.05) is 6.61 Å². The molecule has 1 aliphatic carbocycles. The predicted octanol–water partition coefficient (Wildman–Crippen LogP) is 1.20. The molecule has 8 nitrogen and oxygen atoms in total. The summed E-state index contributed by atoms with van der Waals surface area (Å²) in [6.45, 7) is 0.205. The molecule has 9 heteroatoms. The van der Waals surface area contributed by atoms with Crippen LogP contribution in [-0.4, -0.2) is 25.9 Å². The molecule has 0 aliphatic heterocycles. The molecule has 2 N–H and O–H groups in total. The lowest BCUT2D eigenvalue weighted by molar-refractivity contribution is -0.385. The van der Waals surface area contributed by atoms with E-state index in [1.54, 1.807) is 0 Å². The fraction of sp³-hybridized carbons (Fsp3) is 0.417. The van der Waals surface area contributed by atoms with Gasteiger partial charge in [-0.15, -0.1) is 0 Å². The van der Waals surface area contributed by atoms with Gasteiger partial charge in [0, 0.05) is 12.1 Å². The summed E-state index contributed by atoms with van der Waals surface area (Å²) in [4.78, 5) is 21.3. The Hall–Kier alpha value is -2.00. The van der Waals surface area contributed by atoms with Crippen LogP contribution in [0.5, 0.6) is 0 Å². The number of non-ortho nitro benzene ring substituents is 1. The van der Waals surface area contributed by atoms with E-state index in [-0.39, 0.29) is 12.2 Å². The van der Waals surface area contributed by atoms with E-state index in [0.29, 0.717) is 5.92 Å². The van der Waals surface area contributed by atoms with E-state index in [1.165, 1.54) is 0 Å².